The van der Waals surface area contributed by atoms with Crippen molar-refractivity contribution in [1.82, 2.24) is 0 Å². The highest BCUT2D eigenvalue weighted by molar-refractivity contribution is 5.76. The third kappa shape index (κ3) is 4.33. The minimum atomic E-state index is -1.30. The number of benzene rings is 2. The molecular weight excluding hydrogens is 292 g/mol. The van der Waals surface area contributed by atoms with E-state index >= 15 is 0 Å². The Balaban J connectivity index is 2.17. The van der Waals surface area contributed by atoms with Gasteiger partial charge in [-0.15, -0.1) is 0 Å². The average Bonchev–Trinajstić information content (AvgIpc) is 2.55. The van der Waals surface area contributed by atoms with Gasteiger partial charge in [-0.25, -0.2) is 4.79 Å². The first-order valence-corrected chi connectivity index (χ1v) is 7.65. The average molecular weight is 314 g/mol. The van der Waals surface area contributed by atoms with Gasteiger partial charge in [0.1, 0.15) is 12.4 Å². The summed E-state index contributed by atoms with van der Waals surface area (Å²) in [7, 11) is 0. The number of aryl methyl sites for hydroxylation is 2. The number of ether oxygens (including phenoxy) is 2. The fourth-order valence-corrected chi connectivity index (χ4v) is 2.30. The van der Waals surface area contributed by atoms with Crippen LogP contribution in [0.3, 0.4) is 0 Å². The summed E-state index contributed by atoms with van der Waals surface area (Å²) in [5.74, 6) is 0.150. The highest BCUT2D eigenvalue weighted by Crippen LogP contribution is 2.24. The molecule has 122 valence electrons. The summed E-state index contributed by atoms with van der Waals surface area (Å²) >= 11 is 0. The summed E-state index contributed by atoms with van der Waals surface area (Å²) in [4.78, 5) is 11.8. The summed E-state index contributed by atoms with van der Waals surface area (Å²) in [5, 5.41) is 10.2. The second kappa shape index (κ2) is 7.79. The van der Waals surface area contributed by atoms with Crippen LogP contribution in [0.25, 0.3) is 0 Å². The van der Waals surface area contributed by atoms with Crippen LogP contribution in [0, 0.1) is 13.8 Å². The number of hydrogen-bond donors (Lipinski definition) is 1. The lowest BCUT2D eigenvalue weighted by Gasteiger charge is -2.16. The fraction of sp³-hybridized carbons (Fsp3) is 0.316. The lowest BCUT2D eigenvalue weighted by atomic mass is 10.0. The summed E-state index contributed by atoms with van der Waals surface area (Å²) in [6.07, 6.45) is -1.30. The minimum Gasteiger partial charge on any atom is -0.489 e. The molecule has 0 saturated carbocycles. The Kier molecular flexibility index (Phi) is 5.77. The quantitative estimate of drug-likeness (QED) is 0.829. The molecular formula is C19H22O4. The van der Waals surface area contributed by atoms with Crippen LogP contribution in [-0.4, -0.2) is 17.7 Å². The van der Waals surface area contributed by atoms with Gasteiger partial charge in [0.15, 0.2) is 6.10 Å². The molecule has 4 heteroatoms. The van der Waals surface area contributed by atoms with E-state index in [0.717, 1.165) is 22.4 Å². The molecule has 1 atom stereocenters. The van der Waals surface area contributed by atoms with Crippen LogP contribution in [0.4, 0.5) is 0 Å². The Hall–Kier alpha value is -2.33. The summed E-state index contributed by atoms with van der Waals surface area (Å²) in [6.45, 7) is 6.20. The molecule has 0 aliphatic rings. The molecule has 2 aromatic carbocycles. The number of rotatable bonds is 6. The van der Waals surface area contributed by atoms with Gasteiger partial charge >= 0.3 is 5.97 Å². The van der Waals surface area contributed by atoms with Crippen LogP contribution >= 0.6 is 0 Å². The SMILES string of the molecule is CCOC(=O)C(O)c1ccccc1COc1cc(C)ccc1C. The van der Waals surface area contributed by atoms with E-state index in [0.29, 0.717) is 5.56 Å². The summed E-state index contributed by atoms with van der Waals surface area (Å²) in [6, 6.07) is 13.2. The molecule has 1 N–H and O–H groups in total. The molecule has 23 heavy (non-hydrogen) atoms. The molecule has 0 aliphatic heterocycles. The molecule has 4 nitrogen and oxygen atoms in total. The molecule has 0 amide bonds. The van der Waals surface area contributed by atoms with Gasteiger partial charge in [0.2, 0.25) is 0 Å². The number of carbonyl (C=O) groups is 1. The molecule has 0 aromatic heterocycles. The molecule has 0 saturated heterocycles. The van der Waals surface area contributed by atoms with Crippen LogP contribution in [-0.2, 0) is 16.1 Å². The number of hydrogen-bond acceptors (Lipinski definition) is 4. The van der Waals surface area contributed by atoms with Crippen molar-refractivity contribution in [2.24, 2.45) is 0 Å². The topological polar surface area (TPSA) is 55.8 Å². The van der Waals surface area contributed by atoms with Crippen LogP contribution in [0.2, 0.25) is 0 Å². The highest BCUT2D eigenvalue weighted by Gasteiger charge is 2.21. The summed E-state index contributed by atoms with van der Waals surface area (Å²) in [5.41, 5.74) is 3.43. The van der Waals surface area contributed by atoms with Crippen molar-refractivity contribution < 1.29 is 19.4 Å². The third-order valence-electron chi connectivity index (χ3n) is 3.59. The zero-order valence-electron chi connectivity index (χ0n) is 13.7. The molecule has 2 aromatic rings. The van der Waals surface area contributed by atoms with E-state index in [1.807, 2.05) is 44.2 Å². The zero-order chi connectivity index (χ0) is 16.8. The smallest absolute Gasteiger partial charge is 0.339 e. The van der Waals surface area contributed by atoms with Crippen molar-refractivity contribution in [3.8, 4) is 5.75 Å². The first kappa shape index (κ1) is 17.0. The predicted molar refractivity (Wildman–Crippen MR) is 88.3 cm³/mol. The Morgan fingerprint density at radius 3 is 2.65 bits per heavy atom. The Morgan fingerprint density at radius 1 is 1.17 bits per heavy atom. The Morgan fingerprint density at radius 2 is 1.91 bits per heavy atom. The van der Waals surface area contributed by atoms with Gasteiger partial charge in [-0.2, -0.15) is 0 Å². The number of carbonyl (C=O) groups excluding carboxylic acids is 1. The van der Waals surface area contributed by atoms with E-state index < -0.39 is 12.1 Å². The van der Waals surface area contributed by atoms with E-state index in [1.54, 1.807) is 19.1 Å². The van der Waals surface area contributed by atoms with Gasteiger partial charge in [0.25, 0.3) is 0 Å². The van der Waals surface area contributed by atoms with Gasteiger partial charge in [-0.05, 0) is 49.1 Å². The van der Waals surface area contributed by atoms with Crippen LogP contribution in [0.1, 0.15) is 35.3 Å². The lowest BCUT2D eigenvalue weighted by molar-refractivity contribution is -0.153. The largest absolute Gasteiger partial charge is 0.489 e. The summed E-state index contributed by atoms with van der Waals surface area (Å²) < 4.78 is 10.8. The number of aliphatic hydroxyl groups excluding tert-OH is 1. The van der Waals surface area contributed by atoms with E-state index in [-0.39, 0.29) is 13.2 Å². The Labute approximate surface area is 136 Å². The first-order chi connectivity index (χ1) is 11.0. The van der Waals surface area contributed by atoms with Crippen LogP contribution < -0.4 is 4.74 Å². The minimum absolute atomic E-state index is 0.233. The number of esters is 1. The van der Waals surface area contributed by atoms with Crippen molar-refractivity contribution in [2.75, 3.05) is 6.61 Å². The molecule has 0 bridgehead atoms. The molecule has 0 fully saturated rings. The van der Waals surface area contributed by atoms with Gasteiger partial charge < -0.3 is 14.6 Å². The molecule has 2 rings (SSSR count). The lowest BCUT2D eigenvalue weighted by Crippen LogP contribution is -2.17. The van der Waals surface area contributed by atoms with E-state index in [9.17, 15) is 9.90 Å². The molecule has 1 unspecified atom stereocenters. The second-order valence-corrected chi connectivity index (χ2v) is 5.41. The van der Waals surface area contributed by atoms with Crippen molar-refractivity contribution in [3.05, 3.63) is 64.7 Å². The van der Waals surface area contributed by atoms with Crippen molar-refractivity contribution in [3.63, 3.8) is 0 Å². The van der Waals surface area contributed by atoms with Gasteiger partial charge in [-0.3, -0.25) is 0 Å². The maximum atomic E-state index is 11.8. The third-order valence-corrected chi connectivity index (χ3v) is 3.59. The van der Waals surface area contributed by atoms with Gasteiger partial charge in [0, 0.05) is 0 Å². The van der Waals surface area contributed by atoms with E-state index in [4.69, 9.17) is 9.47 Å². The molecule has 0 aliphatic carbocycles. The standard InChI is InChI=1S/C19H22O4/c1-4-22-19(21)18(20)16-8-6-5-7-15(16)12-23-17-11-13(2)9-10-14(17)3/h5-11,18,20H,4,12H2,1-3H3. The van der Waals surface area contributed by atoms with Crippen molar-refractivity contribution in [1.29, 1.82) is 0 Å². The van der Waals surface area contributed by atoms with E-state index in [2.05, 4.69) is 0 Å². The second-order valence-electron chi connectivity index (χ2n) is 5.41. The molecule has 0 spiro atoms. The normalized spacial score (nSPS) is 11.8. The van der Waals surface area contributed by atoms with Crippen molar-refractivity contribution >= 4 is 5.97 Å². The first-order valence-electron chi connectivity index (χ1n) is 7.65. The van der Waals surface area contributed by atoms with E-state index in [1.165, 1.54) is 0 Å². The Bertz CT molecular complexity index is 679. The monoisotopic (exact) mass is 314 g/mol. The maximum Gasteiger partial charge on any atom is 0.339 e. The van der Waals surface area contributed by atoms with Crippen LogP contribution in [0.5, 0.6) is 5.75 Å². The fourth-order valence-electron chi connectivity index (χ4n) is 2.30. The predicted octanol–water partition coefficient (Wildman–Crippen LogP) is 3.48. The molecule has 0 heterocycles. The van der Waals surface area contributed by atoms with Crippen molar-refractivity contribution in [2.45, 2.75) is 33.5 Å². The maximum absolute atomic E-state index is 11.8. The van der Waals surface area contributed by atoms with Gasteiger partial charge in [0.05, 0.1) is 6.61 Å². The highest BCUT2D eigenvalue weighted by atomic mass is 16.5. The van der Waals surface area contributed by atoms with Crippen LogP contribution in [0.15, 0.2) is 42.5 Å². The zero-order valence-corrected chi connectivity index (χ0v) is 13.7. The number of aliphatic hydroxyl groups is 1. The molecule has 0 radical (unpaired) electrons. The van der Waals surface area contributed by atoms with Gasteiger partial charge in [-0.1, -0.05) is 36.4 Å².